The van der Waals surface area contributed by atoms with Crippen molar-refractivity contribution in [1.29, 1.82) is 0 Å². The summed E-state index contributed by atoms with van der Waals surface area (Å²) in [5.74, 6) is 0. The fourth-order valence-corrected chi connectivity index (χ4v) is 8.40. The van der Waals surface area contributed by atoms with Gasteiger partial charge in [0.25, 0.3) is 0 Å². The summed E-state index contributed by atoms with van der Waals surface area (Å²) in [7, 11) is 0. The van der Waals surface area contributed by atoms with Gasteiger partial charge >= 0.3 is 0 Å². The number of aryl methyl sites for hydroxylation is 1. The minimum absolute atomic E-state index is 0.933. The molecular formula is C52H39N3. The number of hydrogen-bond donors (Lipinski definition) is 0. The van der Waals surface area contributed by atoms with Crippen LogP contribution in [0, 0.1) is 6.92 Å². The van der Waals surface area contributed by atoms with Gasteiger partial charge < -0.3 is 0 Å². The van der Waals surface area contributed by atoms with Gasteiger partial charge in [0.15, 0.2) is 0 Å². The van der Waals surface area contributed by atoms with Gasteiger partial charge in [-0.05, 0) is 113 Å². The molecule has 0 saturated carbocycles. The summed E-state index contributed by atoms with van der Waals surface area (Å²) in [6, 6.07) is 58.8. The third-order valence-electron chi connectivity index (χ3n) is 11.2. The van der Waals surface area contributed by atoms with Crippen LogP contribution in [0.3, 0.4) is 0 Å². The molecule has 9 aromatic rings. The molecule has 55 heavy (non-hydrogen) atoms. The Labute approximate surface area is 322 Å². The van der Waals surface area contributed by atoms with E-state index in [1.807, 2.05) is 24.4 Å². The van der Waals surface area contributed by atoms with Crippen LogP contribution in [-0.4, -0.2) is 15.0 Å². The fourth-order valence-electron chi connectivity index (χ4n) is 8.40. The quantitative estimate of drug-likeness (QED) is 0.162. The second kappa shape index (κ2) is 13.9. The minimum Gasteiger partial charge on any atom is -0.256 e. The van der Waals surface area contributed by atoms with Crippen molar-refractivity contribution >= 4 is 21.8 Å². The third kappa shape index (κ3) is 6.28. The predicted molar refractivity (Wildman–Crippen MR) is 229 cm³/mol. The number of benzene rings is 6. The van der Waals surface area contributed by atoms with E-state index in [0.717, 1.165) is 68.4 Å². The van der Waals surface area contributed by atoms with E-state index in [2.05, 4.69) is 158 Å². The van der Waals surface area contributed by atoms with E-state index in [1.165, 1.54) is 62.9 Å². The zero-order valence-electron chi connectivity index (χ0n) is 30.8. The third-order valence-corrected chi connectivity index (χ3v) is 11.2. The van der Waals surface area contributed by atoms with E-state index in [-0.39, 0.29) is 0 Å². The zero-order chi connectivity index (χ0) is 36.7. The van der Waals surface area contributed by atoms with Crippen LogP contribution in [0.5, 0.6) is 0 Å². The highest BCUT2D eigenvalue weighted by molar-refractivity contribution is 6.04. The molecular weight excluding hydrogens is 667 g/mol. The highest BCUT2D eigenvalue weighted by Gasteiger charge is 2.20. The van der Waals surface area contributed by atoms with E-state index < -0.39 is 0 Å². The maximum absolute atomic E-state index is 5.22. The first-order chi connectivity index (χ1) is 27.1. The van der Waals surface area contributed by atoms with Crippen molar-refractivity contribution < 1.29 is 0 Å². The topological polar surface area (TPSA) is 38.7 Å². The molecule has 10 rings (SSSR count). The van der Waals surface area contributed by atoms with Crippen molar-refractivity contribution in [3.63, 3.8) is 0 Å². The largest absolute Gasteiger partial charge is 0.256 e. The van der Waals surface area contributed by atoms with Gasteiger partial charge in [0.05, 0.1) is 28.1 Å². The Morgan fingerprint density at radius 1 is 0.382 bits per heavy atom. The highest BCUT2D eigenvalue weighted by Crippen LogP contribution is 2.40. The molecule has 0 N–H and O–H groups in total. The average Bonchev–Trinajstić information content (AvgIpc) is 3.26. The SMILES string of the molecule is Cc1cc(-c2ccc(-c3ccccn3)cc2)cc(-c2ccc(-c3ccc(-c4ccc5ccc6ccc(-c7ccccc7)nc6c5n4)cc3)c3c2CCCC3)c1. The van der Waals surface area contributed by atoms with Crippen LogP contribution in [0.1, 0.15) is 29.5 Å². The van der Waals surface area contributed by atoms with Gasteiger partial charge in [-0.3, -0.25) is 4.98 Å². The standard InChI is InChI=1S/C52H39N3/c1-34-31-42(35-14-18-38(19-15-35)48-13-7-8-30-53-48)33-43(32-34)45-27-26-44(46-11-5-6-12-47(45)46)36-16-20-39(21-17-36)50-29-25-41-23-22-40-24-28-49(37-9-3-2-4-10-37)54-51(40)52(41)55-50/h2-4,7-10,13-33H,5-6,11-12H2,1H3. The summed E-state index contributed by atoms with van der Waals surface area (Å²) in [6.45, 7) is 2.21. The molecule has 262 valence electrons. The molecule has 3 nitrogen and oxygen atoms in total. The molecule has 0 radical (unpaired) electrons. The first-order valence-electron chi connectivity index (χ1n) is 19.3. The average molecular weight is 706 g/mol. The van der Waals surface area contributed by atoms with Gasteiger partial charge in [-0.1, -0.05) is 133 Å². The number of hydrogen-bond acceptors (Lipinski definition) is 3. The molecule has 0 amide bonds. The van der Waals surface area contributed by atoms with Crippen LogP contribution in [0.15, 0.2) is 170 Å². The molecule has 3 heteroatoms. The van der Waals surface area contributed by atoms with Crippen LogP contribution in [0.25, 0.3) is 89.0 Å². The Balaban J connectivity index is 0.976. The number of fused-ring (bicyclic) bond motifs is 4. The van der Waals surface area contributed by atoms with Crippen LogP contribution in [0.2, 0.25) is 0 Å². The van der Waals surface area contributed by atoms with E-state index in [9.17, 15) is 0 Å². The first-order valence-corrected chi connectivity index (χ1v) is 19.3. The van der Waals surface area contributed by atoms with Crippen molar-refractivity contribution in [2.75, 3.05) is 0 Å². The van der Waals surface area contributed by atoms with Gasteiger partial charge in [0.2, 0.25) is 0 Å². The summed E-state index contributed by atoms with van der Waals surface area (Å²) in [6.07, 6.45) is 6.50. The maximum atomic E-state index is 5.22. The molecule has 0 aliphatic heterocycles. The number of pyridine rings is 3. The lowest BCUT2D eigenvalue weighted by molar-refractivity contribution is 0.688. The predicted octanol–water partition coefficient (Wildman–Crippen LogP) is 13.4. The molecule has 0 fully saturated rings. The molecule has 0 spiro atoms. The number of aromatic nitrogens is 3. The summed E-state index contributed by atoms with van der Waals surface area (Å²) in [4.78, 5) is 14.9. The molecule has 0 saturated heterocycles. The van der Waals surface area contributed by atoms with Crippen molar-refractivity contribution in [2.45, 2.75) is 32.6 Å². The Kier molecular flexibility index (Phi) is 8.33. The Morgan fingerprint density at radius 3 is 1.51 bits per heavy atom. The lowest BCUT2D eigenvalue weighted by Crippen LogP contribution is -2.07. The molecule has 0 atom stereocenters. The Morgan fingerprint density at radius 2 is 0.891 bits per heavy atom. The van der Waals surface area contributed by atoms with Gasteiger partial charge in [0, 0.05) is 33.7 Å². The van der Waals surface area contributed by atoms with Gasteiger partial charge in [-0.2, -0.15) is 0 Å². The molecule has 6 aromatic carbocycles. The molecule has 3 aromatic heterocycles. The lowest BCUT2D eigenvalue weighted by atomic mass is 9.81. The second-order valence-corrected chi connectivity index (χ2v) is 14.8. The van der Waals surface area contributed by atoms with Crippen LogP contribution in [-0.2, 0) is 12.8 Å². The maximum Gasteiger partial charge on any atom is 0.0972 e. The zero-order valence-corrected chi connectivity index (χ0v) is 30.8. The smallest absolute Gasteiger partial charge is 0.0972 e. The monoisotopic (exact) mass is 705 g/mol. The van der Waals surface area contributed by atoms with E-state index in [0.29, 0.717) is 0 Å². The summed E-state index contributed by atoms with van der Waals surface area (Å²) < 4.78 is 0. The molecule has 3 heterocycles. The summed E-state index contributed by atoms with van der Waals surface area (Å²) in [5.41, 5.74) is 20.1. The number of rotatable bonds is 6. The van der Waals surface area contributed by atoms with Crippen molar-refractivity contribution in [3.05, 3.63) is 187 Å². The molecule has 0 bridgehead atoms. The van der Waals surface area contributed by atoms with Crippen LogP contribution >= 0.6 is 0 Å². The van der Waals surface area contributed by atoms with Crippen molar-refractivity contribution in [2.24, 2.45) is 0 Å². The second-order valence-electron chi connectivity index (χ2n) is 14.8. The molecule has 1 aliphatic rings. The fraction of sp³-hybridized carbons (Fsp3) is 0.0962. The van der Waals surface area contributed by atoms with Crippen LogP contribution < -0.4 is 0 Å². The van der Waals surface area contributed by atoms with E-state index in [4.69, 9.17) is 9.97 Å². The summed E-state index contributed by atoms with van der Waals surface area (Å²) >= 11 is 0. The van der Waals surface area contributed by atoms with Gasteiger partial charge in [0.1, 0.15) is 0 Å². The van der Waals surface area contributed by atoms with Crippen molar-refractivity contribution in [3.8, 4) is 67.2 Å². The van der Waals surface area contributed by atoms with Gasteiger partial charge in [-0.15, -0.1) is 0 Å². The molecule has 0 unspecified atom stereocenters. The van der Waals surface area contributed by atoms with E-state index in [1.54, 1.807) is 0 Å². The first kappa shape index (κ1) is 32.9. The highest BCUT2D eigenvalue weighted by atomic mass is 14.8. The summed E-state index contributed by atoms with van der Waals surface area (Å²) in [5, 5.41) is 2.19. The van der Waals surface area contributed by atoms with Crippen LogP contribution in [0.4, 0.5) is 0 Å². The Hall–Kier alpha value is -6.71. The van der Waals surface area contributed by atoms with Gasteiger partial charge in [-0.25, -0.2) is 9.97 Å². The van der Waals surface area contributed by atoms with E-state index >= 15 is 0 Å². The number of nitrogens with zero attached hydrogens (tertiary/aromatic N) is 3. The lowest BCUT2D eigenvalue weighted by Gasteiger charge is -2.24. The van der Waals surface area contributed by atoms with Crippen molar-refractivity contribution in [1.82, 2.24) is 15.0 Å². The minimum atomic E-state index is 0.933. The molecule has 1 aliphatic carbocycles. The Bertz CT molecular complexity index is 2840. The normalized spacial score (nSPS) is 12.5.